The van der Waals surface area contributed by atoms with Gasteiger partial charge in [0.1, 0.15) is 16.3 Å². The number of aliphatic carboxylic acids is 1. The van der Waals surface area contributed by atoms with Gasteiger partial charge in [-0.25, -0.2) is 15.0 Å². The van der Waals surface area contributed by atoms with E-state index in [1.807, 2.05) is 32.1 Å². The van der Waals surface area contributed by atoms with E-state index in [9.17, 15) is 28.2 Å². The lowest BCUT2D eigenvalue weighted by atomic mass is 9.63. The number of hydrogen-bond acceptors (Lipinski definition) is 7. The molecule has 2 saturated carbocycles. The first kappa shape index (κ1) is 27.3. The van der Waals surface area contributed by atoms with E-state index < -0.39 is 34.8 Å². The second-order valence-corrected chi connectivity index (χ2v) is 12.1. The standard InChI is InChI=1S/C28H29F3N4O3S/c1-26(2)15-27(38,9-7-20(26)23(36)37)24-33-14-21(39-24)18-11-17(6-5-16-3-4-16)12-19(13-18)34-25-32-10-8-22(35-25)28(29,30)31/h5-6,8,10-14,16,20,38H,3-4,7,9,15H2,1-2H3,(H,36,37)(H,32,34,35)/t20-,27+/m0/s1. The van der Waals surface area contributed by atoms with E-state index in [0.717, 1.165) is 41.1 Å². The van der Waals surface area contributed by atoms with Crippen LogP contribution in [-0.4, -0.2) is 31.1 Å². The van der Waals surface area contributed by atoms with Gasteiger partial charge in [0.2, 0.25) is 5.95 Å². The van der Waals surface area contributed by atoms with Crippen LogP contribution in [0.3, 0.4) is 0 Å². The molecular weight excluding hydrogens is 529 g/mol. The highest BCUT2D eigenvalue weighted by Gasteiger charge is 2.49. The Hall–Kier alpha value is -3.31. The maximum absolute atomic E-state index is 13.2. The molecule has 0 spiro atoms. The molecule has 3 N–H and O–H groups in total. The third-order valence-electron chi connectivity index (χ3n) is 7.36. The van der Waals surface area contributed by atoms with E-state index in [1.165, 1.54) is 11.3 Å². The lowest BCUT2D eigenvalue weighted by Gasteiger charge is -2.44. The smallest absolute Gasteiger partial charge is 0.433 e. The second kappa shape index (κ2) is 10.0. The highest BCUT2D eigenvalue weighted by atomic mass is 32.1. The lowest BCUT2D eigenvalue weighted by Crippen LogP contribution is -2.44. The van der Waals surface area contributed by atoms with Crippen molar-refractivity contribution >= 4 is 35.0 Å². The van der Waals surface area contributed by atoms with Gasteiger partial charge in [-0.2, -0.15) is 13.2 Å². The first-order valence-corrected chi connectivity index (χ1v) is 13.6. The van der Waals surface area contributed by atoms with Crippen molar-refractivity contribution in [3.63, 3.8) is 0 Å². The van der Waals surface area contributed by atoms with Crippen molar-refractivity contribution in [2.24, 2.45) is 17.3 Å². The molecule has 0 amide bonds. The number of alkyl halides is 3. The van der Waals surface area contributed by atoms with Crippen LogP contribution in [0.1, 0.15) is 62.2 Å². The molecule has 206 valence electrons. The Labute approximate surface area is 227 Å². The van der Waals surface area contributed by atoms with E-state index in [-0.39, 0.29) is 12.4 Å². The van der Waals surface area contributed by atoms with Crippen molar-refractivity contribution in [2.45, 2.75) is 57.7 Å². The summed E-state index contributed by atoms with van der Waals surface area (Å²) in [7, 11) is 0. The zero-order chi connectivity index (χ0) is 28.0. The minimum Gasteiger partial charge on any atom is -0.481 e. The van der Waals surface area contributed by atoms with Crippen LogP contribution in [0, 0.1) is 17.3 Å². The highest BCUT2D eigenvalue weighted by Crippen LogP contribution is 2.51. The third-order valence-corrected chi connectivity index (χ3v) is 8.60. The molecule has 2 fully saturated rings. The average Bonchev–Trinajstić information content (AvgIpc) is 3.53. The van der Waals surface area contributed by atoms with Crippen molar-refractivity contribution in [3.05, 3.63) is 59.0 Å². The van der Waals surface area contributed by atoms with Gasteiger partial charge in [0.15, 0.2) is 0 Å². The van der Waals surface area contributed by atoms with Gasteiger partial charge in [0.05, 0.1) is 10.8 Å². The van der Waals surface area contributed by atoms with Crippen LogP contribution in [0.25, 0.3) is 16.5 Å². The van der Waals surface area contributed by atoms with E-state index in [1.54, 1.807) is 12.3 Å². The van der Waals surface area contributed by atoms with Crippen LogP contribution in [0.4, 0.5) is 24.8 Å². The lowest BCUT2D eigenvalue weighted by molar-refractivity contribution is -0.154. The van der Waals surface area contributed by atoms with Crippen LogP contribution in [0.15, 0.2) is 42.7 Å². The molecule has 11 heteroatoms. The number of halogens is 3. The Morgan fingerprint density at radius 2 is 1.95 bits per heavy atom. The van der Waals surface area contributed by atoms with E-state index in [4.69, 9.17) is 0 Å². The van der Waals surface area contributed by atoms with Gasteiger partial charge in [-0.15, -0.1) is 11.3 Å². The largest absolute Gasteiger partial charge is 0.481 e. The number of thiazole rings is 1. The number of benzene rings is 1. The normalized spacial score (nSPS) is 23.2. The van der Waals surface area contributed by atoms with E-state index >= 15 is 0 Å². The molecule has 0 aliphatic heterocycles. The number of nitrogens with zero attached hydrogens (tertiary/aromatic N) is 3. The van der Waals surface area contributed by atoms with Crippen molar-refractivity contribution in [3.8, 4) is 10.4 Å². The summed E-state index contributed by atoms with van der Waals surface area (Å²) in [6.07, 6.45) is 5.44. The van der Waals surface area contributed by atoms with Gasteiger partial charge in [-0.05, 0) is 78.8 Å². The number of rotatable bonds is 7. The average molecular weight is 559 g/mol. The molecule has 1 aromatic carbocycles. The number of hydrogen-bond donors (Lipinski definition) is 3. The Morgan fingerprint density at radius 3 is 2.62 bits per heavy atom. The Bertz CT molecular complexity index is 1420. The zero-order valence-electron chi connectivity index (χ0n) is 21.5. The highest BCUT2D eigenvalue weighted by molar-refractivity contribution is 7.15. The molecule has 7 nitrogen and oxygen atoms in total. The summed E-state index contributed by atoms with van der Waals surface area (Å²) >= 11 is 1.33. The number of anilines is 2. The summed E-state index contributed by atoms with van der Waals surface area (Å²) in [5.74, 6) is -1.04. The van der Waals surface area contributed by atoms with Crippen molar-refractivity contribution in [1.29, 1.82) is 0 Å². The predicted molar refractivity (Wildman–Crippen MR) is 142 cm³/mol. The molecule has 39 heavy (non-hydrogen) atoms. The zero-order valence-corrected chi connectivity index (χ0v) is 22.3. The summed E-state index contributed by atoms with van der Waals surface area (Å²) in [6, 6.07) is 6.38. The number of carboxylic acids is 1. The number of nitrogens with one attached hydrogen (secondary N) is 1. The van der Waals surface area contributed by atoms with Crippen molar-refractivity contribution in [1.82, 2.24) is 15.0 Å². The molecule has 2 heterocycles. The molecule has 0 bridgehead atoms. The van der Waals surface area contributed by atoms with Crippen LogP contribution < -0.4 is 5.32 Å². The summed E-state index contributed by atoms with van der Waals surface area (Å²) in [6.45, 7) is 3.71. The maximum atomic E-state index is 13.2. The van der Waals surface area contributed by atoms with Gasteiger partial charge >= 0.3 is 12.1 Å². The topological polar surface area (TPSA) is 108 Å². The van der Waals surface area contributed by atoms with Crippen LogP contribution in [0.5, 0.6) is 0 Å². The summed E-state index contributed by atoms with van der Waals surface area (Å²) < 4.78 is 39.5. The Balaban J connectivity index is 1.45. The van der Waals surface area contributed by atoms with Crippen LogP contribution >= 0.6 is 11.3 Å². The molecular formula is C28H29F3N4O3S. The van der Waals surface area contributed by atoms with Crippen molar-refractivity contribution in [2.75, 3.05) is 5.32 Å². The van der Waals surface area contributed by atoms with Gasteiger partial charge in [-0.3, -0.25) is 4.79 Å². The third kappa shape index (κ3) is 6.14. The maximum Gasteiger partial charge on any atom is 0.433 e. The molecule has 2 aliphatic rings. The minimum atomic E-state index is -4.59. The molecule has 5 rings (SSSR count). The van der Waals surface area contributed by atoms with Gasteiger partial charge in [0, 0.05) is 18.1 Å². The molecule has 0 radical (unpaired) electrons. The fourth-order valence-corrected chi connectivity index (χ4v) is 6.23. The molecule has 2 aliphatic carbocycles. The molecule has 2 atom stereocenters. The minimum absolute atomic E-state index is 0.171. The molecule has 0 unspecified atom stereocenters. The summed E-state index contributed by atoms with van der Waals surface area (Å²) in [5, 5.41) is 24.5. The predicted octanol–water partition coefficient (Wildman–Crippen LogP) is 6.88. The number of carbonyl (C=O) groups is 1. The first-order chi connectivity index (χ1) is 18.3. The fraction of sp³-hybridized carbons (Fsp3) is 0.429. The van der Waals surface area contributed by atoms with Crippen LogP contribution in [-0.2, 0) is 16.6 Å². The number of carboxylic acid groups (broad SMARTS) is 1. The quantitative estimate of drug-likeness (QED) is 0.290. The Morgan fingerprint density at radius 1 is 1.18 bits per heavy atom. The summed E-state index contributed by atoms with van der Waals surface area (Å²) in [4.78, 5) is 24.5. The molecule has 2 aromatic heterocycles. The monoisotopic (exact) mass is 558 g/mol. The van der Waals surface area contributed by atoms with Gasteiger partial charge in [-0.1, -0.05) is 26.0 Å². The first-order valence-electron chi connectivity index (χ1n) is 12.7. The summed E-state index contributed by atoms with van der Waals surface area (Å²) in [5.41, 5.74) is -0.751. The second-order valence-electron chi connectivity index (χ2n) is 11.1. The number of aromatic nitrogens is 3. The fourth-order valence-electron chi connectivity index (χ4n) is 5.21. The van der Waals surface area contributed by atoms with E-state index in [0.29, 0.717) is 29.5 Å². The van der Waals surface area contributed by atoms with Gasteiger partial charge in [0.25, 0.3) is 0 Å². The van der Waals surface area contributed by atoms with Gasteiger partial charge < -0.3 is 15.5 Å². The number of allylic oxidation sites excluding steroid dienone is 1. The molecule has 0 saturated heterocycles. The Kier molecular flexibility index (Phi) is 7.00. The van der Waals surface area contributed by atoms with E-state index in [2.05, 4.69) is 26.3 Å². The molecule has 3 aromatic rings. The number of aliphatic hydroxyl groups is 1. The van der Waals surface area contributed by atoms with Crippen molar-refractivity contribution < 1.29 is 28.2 Å². The SMILES string of the molecule is CC1(C)C[C@@](O)(c2ncc(-c3cc(C=CC4CC4)cc(Nc4nccc(C(F)(F)F)n4)c3)s2)CC[C@H]1C(=O)O. The van der Waals surface area contributed by atoms with Crippen LogP contribution in [0.2, 0.25) is 0 Å².